The topological polar surface area (TPSA) is 34.1 Å². The molecule has 1 aromatic rings. The number of rotatable bonds is 3. The Labute approximate surface area is 97.2 Å². The predicted molar refractivity (Wildman–Crippen MR) is 65.8 cm³/mol. The molecule has 0 aromatic carbocycles. The van der Waals surface area contributed by atoms with Gasteiger partial charge in [0.25, 0.3) is 0 Å². The zero-order valence-corrected chi connectivity index (χ0v) is 10.7. The van der Waals surface area contributed by atoms with Gasteiger partial charge >= 0.3 is 0 Å². The van der Waals surface area contributed by atoms with Crippen molar-refractivity contribution in [2.24, 2.45) is 10.8 Å². The molecule has 3 nitrogen and oxygen atoms in total. The fourth-order valence-electron chi connectivity index (χ4n) is 2.29. The molecule has 0 unspecified atom stereocenters. The van der Waals surface area contributed by atoms with E-state index in [0.717, 1.165) is 11.6 Å². The second-order valence-electron chi connectivity index (χ2n) is 5.60. The van der Waals surface area contributed by atoms with Gasteiger partial charge in [0.15, 0.2) is 0 Å². The second kappa shape index (κ2) is 3.37. The maximum Gasteiger partial charge on any atom is 0.137 e. The number of nitrogens with zero attached hydrogens (tertiary/aromatic N) is 1. The van der Waals surface area contributed by atoms with Crippen LogP contribution < -0.4 is 10.1 Å². The van der Waals surface area contributed by atoms with Crippen molar-refractivity contribution in [3.8, 4) is 5.75 Å². The predicted octanol–water partition coefficient (Wildman–Crippen LogP) is 2.94. The van der Waals surface area contributed by atoms with E-state index in [1.54, 1.807) is 13.3 Å². The molecule has 0 atom stereocenters. The van der Waals surface area contributed by atoms with E-state index in [2.05, 4.69) is 38.0 Å². The molecule has 16 heavy (non-hydrogen) atoms. The summed E-state index contributed by atoms with van der Waals surface area (Å²) in [4.78, 5) is 4.32. The van der Waals surface area contributed by atoms with E-state index < -0.39 is 0 Å². The zero-order valence-electron chi connectivity index (χ0n) is 10.7. The summed E-state index contributed by atoms with van der Waals surface area (Å²) in [5.74, 6) is 1.71. The molecular weight excluding hydrogens is 200 g/mol. The Morgan fingerprint density at radius 3 is 2.19 bits per heavy atom. The summed E-state index contributed by atoms with van der Waals surface area (Å²) in [7, 11) is 1.65. The first-order valence-electron chi connectivity index (χ1n) is 5.66. The molecule has 1 N–H and O–H groups in total. The SMILES string of the molecule is COc1ccc(NC2C(C)(C)C2(C)C)nc1. The Balaban J connectivity index is 2.06. The average Bonchev–Trinajstić information content (AvgIpc) is 2.62. The lowest BCUT2D eigenvalue weighted by Crippen LogP contribution is -2.10. The number of nitrogens with one attached hydrogen (secondary N) is 1. The number of pyridine rings is 1. The first kappa shape index (κ1) is 11.2. The third kappa shape index (κ3) is 1.55. The van der Waals surface area contributed by atoms with Crippen LogP contribution >= 0.6 is 0 Å². The minimum Gasteiger partial charge on any atom is -0.495 e. The van der Waals surface area contributed by atoms with Gasteiger partial charge in [-0.1, -0.05) is 27.7 Å². The summed E-state index contributed by atoms with van der Waals surface area (Å²) >= 11 is 0. The zero-order chi connectivity index (χ0) is 12.0. The quantitative estimate of drug-likeness (QED) is 0.850. The lowest BCUT2D eigenvalue weighted by atomic mass is 10.0. The first-order valence-corrected chi connectivity index (χ1v) is 5.66. The molecule has 2 rings (SSSR count). The van der Waals surface area contributed by atoms with Gasteiger partial charge < -0.3 is 10.1 Å². The maximum atomic E-state index is 5.08. The van der Waals surface area contributed by atoms with Crippen LogP contribution in [0.1, 0.15) is 27.7 Å². The largest absolute Gasteiger partial charge is 0.495 e. The molecule has 1 aliphatic rings. The summed E-state index contributed by atoms with van der Waals surface area (Å²) < 4.78 is 5.08. The van der Waals surface area contributed by atoms with Crippen LogP contribution in [0.5, 0.6) is 5.75 Å². The number of hydrogen-bond acceptors (Lipinski definition) is 3. The third-order valence-electron chi connectivity index (χ3n) is 4.28. The van der Waals surface area contributed by atoms with E-state index in [4.69, 9.17) is 4.74 Å². The molecule has 1 aliphatic carbocycles. The van der Waals surface area contributed by atoms with Gasteiger partial charge in [-0.3, -0.25) is 0 Å². The third-order valence-corrected chi connectivity index (χ3v) is 4.28. The van der Waals surface area contributed by atoms with Crippen LogP contribution in [-0.4, -0.2) is 18.1 Å². The molecule has 0 aliphatic heterocycles. The number of anilines is 1. The molecule has 1 heterocycles. The minimum absolute atomic E-state index is 0.328. The Hall–Kier alpha value is -1.25. The molecule has 0 amide bonds. The molecule has 0 spiro atoms. The van der Waals surface area contributed by atoms with Crippen LogP contribution in [0.15, 0.2) is 18.3 Å². The van der Waals surface area contributed by atoms with Crippen molar-refractivity contribution in [3.05, 3.63) is 18.3 Å². The van der Waals surface area contributed by atoms with Crippen LogP contribution in [0, 0.1) is 10.8 Å². The summed E-state index contributed by atoms with van der Waals surface area (Å²) in [6, 6.07) is 4.38. The summed E-state index contributed by atoms with van der Waals surface area (Å²) in [6.45, 7) is 9.14. The molecule has 1 aromatic heterocycles. The molecule has 0 radical (unpaired) electrons. The van der Waals surface area contributed by atoms with E-state index in [1.807, 2.05) is 12.1 Å². The smallest absolute Gasteiger partial charge is 0.137 e. The van der Waals surface area contributed by atoms with E-state index in [9.17, 15) is 0 Å². The van der Waals surface area contributed by atoms with Crippen LogP contribution in [0.2, 0.25) is 0 Å². The number of aromatic nitrogens is 1. The first-order chi connectivity index (χ1) is 7.39. The fourth-order valence-corrected chi connectivity index (χ4v) is 2.29. The highest BCUT2D eigenvalue weighted by molar-refractivity contribution is 5.43. The van der Waals surface area contributed by atoms with Gasteiger partial charge in [0.2, 0.25) is 0 Å². The standard InChI is InChI=1S/C13H20N2O/c1-12(2)11(13(12,3)4)15-10-7-6-9(16-5)8-14-10/h6-8,11H,1-5H3,(H,14,15). The number of ether oxygens (including phenoxy) is 1. The lowest BCUT2D eigenvalue weighted by Gasteiger charge is -2.07. The minimum atomic E-state index is 0.328. The van der Waals surface area contributed by atoms with Crippen LogP contribution in [0.25, 0.3) is 0 Å². The lowest BCUT2D eigenvalue weighted by molar-refractivity contribution is 0.413. The Kier molecular flexibility index (Phi) is 2.37. The molecule has 88 valence electrons. The summed E-state index contributed by atoms with van der Waals surface area (Å²) in [5.41, 5.74) is 0.656. The van der Waals surface area contributed by atoms with Gasteiger partial charge in [0.05, 0.1) is 13.3 Å². The van der Waals surface area contributed by atoms with E-state index in [-0.39, 0.29) is 0 Å². The number of methoxy groups -OCH3 is 1. The van der Waals surface area contributed by atoms with Crippen LogP contribution in [-0.2, 0) is 0 Å². The summed E-state index contributed by atoms with van der Waals surface area (Å²) in [6.07, 6.45) is 1.74. The average molecular weight is 220 g/mol. The number of hydrogen-bond donors (Lipinski definition) is 1. The van der Waals surface area contributed by atoms with Gasteiger partial charge in [-0.2, -0.15) is 0 Å². The fraction of sp³-hybridized carbons (Fsp3) is 0.615. The van der Waals surface area contributed by atoms with Crippen molar-refractivity contribution in [3.63, 3.8) is 0 Å². The Morgan fingerprint density at radius 2 is 1.81 bits per heavy atom. The highest BCUT2D eigenvalue weighted by Gasteiger charge is 2.65. The van der Waals surface area contributed by atoms with Crippen molar-refractivity contribution >= 4 is 5.82 Å². The highest BCUT2D eigenvalue weighted by atomic mass is 16.5. The monoisotopic (exact) mass is 220 g/mol. The molecule has 0 saturated heterocycles. The maximum absolute atomic E-state index is 5.08. The molecular formula is C13H20N2O. The van der Waals surface area contributed by atoms with Crippen molar-refractivity contribution in [2.75, 3.05) is 12.4 Å². The second-order valence-corrected chi connectivity index (χ2v) is 5.60. The van der Waals surface area contributed by atoms with Crippen molar-refractivity contribution in [2.45, 2.75) is 33.7 Å². The molecule has 1 fully saturated rings. The summed E-state index contributed by atoms with van der Waals surface area (Å²) in [5, 5.41) is 3.48. The van der Waals surface area contributed by atoms with Gasteiger partial charge in [-0.25, -0.2) is 4.98 Å². The van der Waals surface area contributed by atoms with Gasteiger partial charge in [-0.15, -0.1) is 0 Å². The Bertz CT molecular complexity index is 367. The van der Waals surface area contributed by atoms with Crippen LogP contribution in [0.3, 0.4) is 0 Å². The highest BCUT2D eigenvalue weighted by Crippen LogP contribution is 2.63. The van der Waals surface area contributed by atoms with Crippen molar-refractivity contribution < 1.29 is 4.74 Å². The van der Waals surface area contributed by atoms with Crippen molar-refractivity contribution in [1.82, 2.24) is 4.98 Å². The van der Waals surface area contributed by atoms with E-state index in [0.29, 0.717) is 16.9 Å². The van der Waals surface area contributed by atoms with Crippen molar-refractivity contribution in [1.29, 1.82) is 0 Å². The Morgan fingerprint density at radius 1 is 1.19 bits per heavy atom. The normalized spacial score (nSPS) is 21.6. The van der Waals surface area contributed by atoms with Gasteiger partial charge in [-0.05, 0) is 23.0 Å². The molecule has 1 saturated carbocycles. The van der Waals surface area contributed by atoms with E-state index >= 15 is 0 Å². The molecule has 0 bridgehead atoms. The van der Waals surface area contributed by atoms with E-state index in [1.165, 1.54) is 0 Å². The van der Waals surface area contributed by atoms with Gasteiger partial charge in [0.1, 0.15) is 11.6 Å². The van der Waals surface area contributed by atoms with Crippen LogP contribution in [0.4, 0.5) is 5.82 Å². The van der Waals surface area contributed by atoms with Gasteiger partial charge in [0, 0.05) is 6.04 Å². The molecule has 3 heteroatoms.